The van der Waals surface area contributed by atoms with Crippen molar-refractivity contribution in [2.24, 2.45) is 4.99 Å². The Morgan fingerprint density at radius 1 is 1.32 bits per heavy atom. The van der Waals surface area contributed by atoms with Crippen molar-refractivity contribution in [3.8, 4) is 0 Å². The highest BCUT2D eigenvalue weighted by Gasteiger charge is 2.45. The molecule has 1 aliphatic rings. The summed E-state index contributed by atoms with van der Waals surface area (Å²) in [6, 6.07) is 8.41. The number of hydrogen-bond acceptors (Lipinski definition) is 3. The van der Waals surface area contributed by atoms with Crippen LogP contribution in [0.15, 0.2) is 33.7 Å². The lowest BCUT2D eigenvalue weighted by Gasteiger charge is -2.20. The molecule has 0 amide bonds. The van der Waals surface area contributed by atoms with E-state index in [-0.39, 0.29) is 35.4 Å². The Labute approximate surface area is 175 Å². The molecule has 0 aliphatic heterocycles. The van der Waals surface area contributed by atoms with Crippen LogP contribution in [0, 0.1) is 0 Å². The van der Waals surface area contributed by atoms with Crippen LogP contribution in [-0.4, -0.2) is 38.7 Å². The van der Waals surface area contributed by atoms with Crippen molar-refractivity contribution in [1.82, 2.24) is 10.6 Å². The first kappa shape index (κ1) is 22.2. The highest BCUT2D eigenvalue weighted by Crippen LogP contribution is 2.49. The lowest BCUT2D eigenvalue weighted by molar-refractivity contribution is -0.143. The molecule has 0 radical (unpaired) electrons. The summed E-state index contributed by atoms with van der Waals surface area (Å²) >= 11 is 3.66. The third-order valence-corrected chi connectivity index (χ3v) is 4.96. The van der Waals surface area contributed by atoms with E-state index >= 15 is 0 Å². The summed E-state index contributed by atoms with van der Waals surface area (Å²) in [6.07, 6.45) is 3.53. The van der Waals surface area contributed by atoms with Gasteiger partial charge in [0, 0.05) is 36.4 Å². The number of benzene rings is 1. The summed E-state index contributed by atoms with van der Waals surface area (Å²) in [5.74, 6) is 0.630. The summed E-state index contributed by atoms with van der Waals surface area (Å²) in [5, 5.41) is 6.67. The molecule has 140 valence electrons. The summed E-state index contributed by atoms with van der Waals surface area (Å²) in [4.78, 5) is 15.6. The largest absolute Gasteiger partial charge is 0.466 e. The van der Waals surface area contributed by atoms with Crippen molar-refractivity contribution >= 4 is 51.8 Å². The van der Waals surface area contributed by atoms with Crippen molar-refractivity contribution in [3.63, 3.8) is 0 Å². The number of esters is 1. The second kappa shape index (κ2) is 11.0. The molecule has 0 bridgehead atoms. The van der Waals surface area contributed by atoms with Gasteiger partial charge in [-0.25, -0.2) is 0 Å². The van der Waals surface area contributed by atoms with Crippen molar-refractivity contribution in [2.45, 2.75) is 38.0 Å². The number of guanidine groups is 1. The lowest BCUT2D eigenvalue weighted by atomic mass is 9.96. The van der Waals surface area contributed by atoms with E-state index in [2.05, 4.69) is 49.8 Å². The molecule has 0 aromatic heterocycles. The molecule has 25 heavy (non-hydrogen) atoms. The van der Waals surface area contributed by atoms with Crippen molar-refractivity contribution in [2.75, 3.05) is 26.7 Å². The van der Waals surface area contributed by atoms with Gasteiger partial charge in [-0.15, -0.1) is 24.0 Å². The quantitative estimate of drug-likeness (QED) is 0.180. The highest BCUT2D eigenvalue weighted by molar-refractivity contribution is 14.0. The maximum Gasteiger partial charge on any atom is 0.305 e. The minimum absolute atomic E-state index is 0. The van der Waals surface area contributed by atoms with Gasteiger partial charge < -0.3 is 15.4 Å². The number of carbonyl (C=O) groups excluding carboxylic acids is 1. The number of rotatable bonds is 8. The first-order valence-electron chi connectivity index (χ1n) is 8.46. The standard InChI is InChI=1S/C18H26BrN3O2.HI/c1-3-24-16(23)9-6-12-21-17(20-2)22-13-18(10-11-18)14-7-4-5-8-15(14)19;/h4-5,7-8H,3,6,9-13H2,1-2H3,(H2,20,21,22);1H. The van der Waals surface area contributed by atoms with E-state index in [0.29, 0.717) is 19.6 Å². The maximum absolute atomic E-state index is 11.3. The predicted octanol–water partition coefficient (Wildman–Crippen LogP) is 3.61. The van der Waals surface area contributed by atoms with E-state index < -0.39 is 0 Å². The van der Waals surface area contributed by atoms with Gasteiger partial charge in [0.05, 0.1) is 6.61 Å². The number of nitrogens with zero attached hydrogens (tertiary/aromatic N) is 1. The van der Waals surface area contributed by atoms with Gasteiger partial charge in [-0.05, 0) is 37.8 Å². The zero-order chi connectivity index (χ0) is 17.4. The molecule has 0 spiro atoms. The van der Waals surface area contributed by atoms with Crippen LogP contribution in [0.2, 0.25) is 0 Å². The Kier molecular flexibility index (Phi) is 9.78. The zero-order valence-corrected chi connectivity index (χ0v) is 18.7. The summed E-state index contributed by atoms with van der Waals surface area (Å²) < 4.78 is 6.09. The smallest absolute Gasteiger partial charge is 0.305 e. The van der Waals surface area contributed by atoms with Crippen molar-refractivity contribution in [3.05, 3.63) is 34.3 Å². The Morgan fingerprint density at radius 3 is 2.64 bits per heavy atom. The third kappa shape index (κ3) is 6.77. The lowest BCUT2D eigenvalue weighted by Crippen LogP contribution is -2.41. The molecule has 1 aliphatic carbocycles. The zero-order valence-electron chi connectivity index (χ0n) is 14.8. The van der Waals surface area contributed by atoms with Gasteiger partial charge in [-0.2, -0.15) is 0 Å². The Hall–Kier alpha value is -0.830. The van der Waals surface area contributed by atoms with Gasteiger partial charge in [-0.3, -0.25) is 9.79 Å². The summed E-state index contributed by atoms with van der Waals surface area (Å²) in [5.41, 5.74) is 1.55. The van der Waals surface area contributed by atoms with E-state index in [1.165, 1.54) is 22.9 Å². The van der Waals surface area contributed by atoms with Gasteiger partial charge in [0.15, 0.2) is 5.96 Å². The minimum atomic E-state index is -0.145. The number of hydrogen-bond donors (Lipinski definition) is 2. The fourth-order valence-corrected chi connectivity index (χ4v) is 3.44. The van der Waals surface area contributed by atoms with Crippen LogP contribution in [0.4, 0.5) is 0 Å². The minimum Gasteiger partial charge on any atom is -0.466 e. The third-order valence-electron chi connectivity index (χ3n) is 4.27. The van der Waals surface area contributed by atoms with Crippen LogP contribution in [0.3, 0.4) is 0 Å². The van der Waals surface area contributed by atoms with Gasteiger partial charge in [0.2, 0.25) is 0 Å². The SMILES string of the molecule is CCOC(=O)CCCNC(=NC)NCC1(c2ccccc2Br)CC1.I. The molecule has 1 aromatic rings. The van der Waals surface area contributed by atoms with E-state index in [4.69, 9.17) is 4.74 Å². The second-order valence-corrected chi connectivity index (χ2v) is 6.88. The average Bonchev–Trinajstić information content (AvgIpc) is 3.36. The number of halogens is 2. The fourth-order valence-electron chi connectivity index (χ4n) is 2.73. The monoisotopic (exact) mass is 523 g/mol. The van der Waals surface area contributed by atoms with Crippen LogP contribution in [0.1, 0.15) is 38.2 Å². The number of ether oxygens (including phenoxy) is 1. The van der Waals surface area contributed by atoms with Gasteiger partial charge in [0.1, 0.15) is 0 Å². The van der Waals surface area contributed by atoms with E-state index in [0.717, 1.165) is 18.9 Å². The topological polar surface area (TPSA) is 62.7 Å². The molecule has 2 N–H and O–H groups in total. The normalized spacial score (nSPS) is 15.1. The Morgan fingerprint density at radius 2 is 2.04 bits per heavy atom. The van der Waals surface area contributed by atoms with E-state index in [9.17, 15) is 4.79 Å². The first-order chi connectivity index (χ1) is 11.6. The van der Waals surface area contributed by atoms with E-state index in [1.54, 1.807) is 7.05 Å². The number of carbonyl (C=O) groups is 1. The first-order valence-corrected chi connectivity index (χ1v) is 9.26. The van der Waals surface area contributed by atoms with Crippen LogP contribution in [-0.2, 0) is 14.9 Å². The number of nitrogens with one attached hydrogen (secondary N) is 2. The Balaban J connectivity index is 0.00000312. The molecule has 2 rings (SSSR count). The van der Waals surface area contributed by atoms with Gasteiger partial charge >= 0.3 is 5.97 Å². The molecule has 1 saturated carbocycles. The Bertz CT molecular complexity index is 591. The molecule has 7 heteroatoms. The molecule has 0 unspecified atom stereocenters. The summed E-state index contributed by atoms with van der Waals surface area (Å²) in [6.45, 7) is 3.81. The predicted molar refractivity (Wildman–Crippen MR) is 116 cm³/mol. The summed E-state index contributed by atoms with van der Waals surface area (Å²) in [7, 11) is 1.76. The molecule has 1 fully saturated rings. The molecule has 5 nitrogen and oxygen atoms in total. The molecule has 1 aromatic carbocycles. The van der Waals surface area contributed by atoms with Crippen LogP contribution < -0.4 is 10.6 Å². The molecule has 0 atom stereocenters. The number of aliphatic imine (C=N–C) groups is 1. The molecule has 0 saturated heterocycles. The van der Waals surface area contributed by atoms with Gasteiger partial charge in [0.25, 0.3) is 0 Å². The van der Waals surface area contributed by atoms with Gasteiger partial charge in [-0.1, -0.05) is 34.1 Å². The van der Waals surface area contributed by atoms with Crippen LogP contribution in [0.5, 0.6) is 0 Å². The van der Waals surface area contributed by atoms with Crippen LogP contribution in [0.25, 0.3) is 0 Å². The fraction of sp³-hybridized carbons (Fsp3) is 0.556. The van der Waals surface area contributed by atoms with Crippen molar-refractivity contribution in [1.29, 1.82) is 0 Å². The van der Waals surface area contributed by atoms with E-state index in [1.807, 2.05) is 13.0 Å². The maximum atomic E-state index is 11.3. The molecular formula is C18H27BrIN3O2. The van der Waals surface area contributed by atoms with Crippen LogP contribution >= 0.6 is 39.9 Å². The van der Waals surface area contributed by atoms with Crippen molar-refractivity contribution < 1.29 is 9.53 Å². The molecular weight excluding hydrogens is 497 g/mol. The molecule has 0 heterocycles. The average molecular weight is 524 g/mol. The highest BCUT2D eigenvalue weighted by atomic mass is 127. The second-order valence-electron chi connectivity index (χ2n) is 6.02.